The molecule has 2 fully saturated rings. The Morgan fingerprint density at radius 3 is 2.51 bits per heavy atom. The van der Waals surface area contributed by atoms with Crippen molar-refractivity contribution in [3.8, 4) is 22.4 Å². The van der Waals surface area contributed by atoms with E-state index in [1.807, 2.05) is 36.5 Å². The predicted molar refractivity (Wildman–Crippen MR) is 167 cm³/mol. The zero-order valence-corrected chi connectivity index (χ0v) is 25.8. The Bertz CT molecular complexity index is 1550. The molecule has 0 radical (unpaired) electrons. The van der Waals surface area contributed by atoms with Crippen molar-refractivity contribution >= 4 is 34.1 Å². The summed E-state index contributed by atoms with van der Waals surface area (Å²) in [5, 5.41) is 10.4. The standard InChI is InChI=1S/C33H38N4O5S/c1-33(2)19-25-28(31(37-13-15-42-16-14-37)43-29(25)27(38)20-33)22-7-10-34-26(18-22)21-5-4-6-23(17-21)30(39)36-11-8-24(9-12-36)35(3)32(40)41/h4-7,10,17-18,24H,8-9,11-16,19-20H2,1-3H3,(H,40,41). The molecule has 2 aliphatic heterocycles. The van der Waals surface area contributed by atoms with Crippen molar-refractivity contribution in [2.75, 3.05) is 51.3 Å². The molecular weight excluding hydrogens is 564 g/mol. The van der Waals surface area contributed by atoms with Crippen molar-refractivity contribution in [3.63, 3.8) is 0 Å². The normalized spacial score (nSPS) is 18.8. The number of anilines is 1. The number of carbonyl (C=O) groups excluding carboxylic acids is 2. The van der Waals surface area contributed by atoms with Gasteiger partial charge in [0.05, 0.1) is 28.8 Å². The third kappa shape index (κ3) is 5.90. The lowest BCUT2D eigenvalue weighted by atomic mass is 9.75. The summed E-state index contributed by atoms with van der Waals surface area (Å²) >= 11 is 1.61. The van der Waals surface area contributed by atoms with E-state index in [4.69, 9.17) is 9.72 Å². The molecule has 3 aromatic rings. The number of aromatic nitrogens is 1. The summed E-state index contributed by atoms with van der Waals surface area (Å²) in [7, 11) is 1.59. The van der Waals surface area contributed by atoms with Gasteiger partial charge in [0, 0.05) is 68.6 Å². The van der Waals surface area contributed by atoms with Crippen LogP contribution in [-0.4, -0.2) is 90.2 Å². The number of piperidine rings is 1. The maximum atomic E-state index is 13.4. The van der Waals surface area contributed by atoms with Crippen molar-refractivity contribution < 1.29 is 24.2 Å². The van der Waals surface area contributed by atoms with Gasteiger partial charge in [0.15, 0.2) is 5.78 Å². The number of benzene rings is 1. The molecule has 1 aromatic carbocycles. The van der Waals surface area contributed by atoms with Crippen molar-refractivity contribution in [1.82, 2.24) is 14.8 Å². The van der Waals surface area contributed by atoms with Crippen LogP contribution in [-0.2, 0) is 11.2 Å². The fraction of sp³-hybridized carbons (Fsp3) is 0.455. The molecule has 0 atom stereocenters. The molecule has 4 heterocycles. The number of pyridine rings is 1. The summed E-state index contributed by atoms with van der Waals surface area (Å²) in [4.78, 5) is 49.1. The number of amides is 2. The SMILES string of the molecule is CN(C(=O)O)C1CCN(C(=O)c2cccc(-c3cc(-c4c(N5CCOCC5)sc5c4CC(C)(C)CC5=O)ccn3)c2)CC1. The van der Waals surface area contributed by atoms with Gasteiger partial charge in [0.25, 0.3) is 5.91 Å². The van der Waals surface area contributed by atoms with E-state index in [9.17, 15) is 19.5 Å². The number of likely N-dealkylation sites (tertiary alicyclic amines) is 1. The van der Waals surface area contributed by atoms with Crippen molar-refractivity contribution in [2.24, 2.45) is 5.41 Å². The van der Waals surface area contributed by atoms with Gasteiger partial charge in [-0.05, 0) is 60.1 Å². The minimum atomic E-state index is -0.942. The lowest BCUT2D eigenvalue weighted by Gasteiger charge is -2.35. The third-order valence-electron chi connectivity index (χ3n) is 8.89. The lowest BCUT2D eigenvalue weighted by Crippen LogP contribution is -2.46. The number of rotatable bonds is 5. The van der Waals surface area contributed by atoms with Gasteiger partial charge in [-0.1, -0.05) is 26.0 Å². The summed E-state index contributed by atoms with van der Waals surface area (Å²) in [5.41, 5.74) is 5.37. The number of Topliss-reactive ketones (excluding diaryl/α,β-unsaturated/α-hetero) is 1. The van der Waals surface area contributed by atoms with Crippen molar-refractivity contribution in [1.29, 1.82) is 0 Å². The van der Waals surface area contributed by atoms with Crippen LogP contribution in [0.5, 0.6) is 0 Å². The highest BCUT2D eigenvalue weighted by atomic mass is 32.1. The van der Waals surface area contributed by atoms with E-state index >= 15 is 0 Å². The number of ketones is 1. The first-order valence-corrected chi connectivity index (χ1v) is 15.8. The molecule has 6 rings (SSSR count). The quantitative estimate of drug-likeness (QED) is 0.401. The minimum absolute atomic E-state index is 0.0586. The Kier molecular flexibility index (Phi) is 8.00. The summed E-state index contributed by atoms with van der Waals surface area (Å²) in [6.45, 7) is 8.26. The monoisotopic (exact) mass is 602 g/mol. The molecule has 0 spiro atoms. The number of thiophene rings is 1. The van der Waals surface area contributed by atoms with E-state index in [0.717, 1.165) is 57.3 Å². The topological polar surface area (TPSA) is 103 Å². The Labute approximate surface area is 256 Å². The van der Waals surface area contributed by atoms with Gasteiger partial charge in [-0.15, -0.1) is 11.3 Å². The largest absolute Gasteiger partial charge is 0.465 e. The molecule has 0 saturated carbocycles. The predicted octanol–water partition coefficient (Wildman–Crippen LogP) is 5.68. The van der Waals surface area contributed by atoms with Crippen LogP contribution < -0.4 is 4.90 Å². The number of ether oxygens (including phenoxy) is 1. The second-order valence-corrected chi connectivity index (χ2v) is 13.6. The number of hydrogen-bond donors (Lipinski definition) is 1. The average molecular weight is 603 g/mol. The van der Waals surface area contributed by atoms with Crippen LogP contribution in [0.4, 0.5) is 9.80 Å². The molecule has 2 aromatic heterocycles. The Hall–Kier alpha value is -3.76. The van der Waals surface area contributed by atoms with Gasteiger partial charge in [0.2, 0.25) is 0 Å². The van der Waals surface area contributed by atoms with E-state index in [-0.39, 0.29) is 23.1 Å². The average Bonchev–Trinajstić information content (AvgIpc) is 3.39. The summed E-state index contributed by atoms with van der Waals surface area (Å²) < 4.78 is 5.63. The van der Waals surface area contributed by atoms with Crippen LogP contribution >= 0.6 is 11.3 Å². The summed E-state index contributed by atoms with van der Waals surface area (Å²) in [6, 6.07) is 11.6. The van der Waals surface area contributed by atoms with Crippen molar-refractivity contribution in [2.45, 2.75) is 45.6 Å². The molecule has 0 unspecified atom stereocenters. The second-order valence-electron chi connectivity index (χ2n) is 12.6. The molecule has 43 heavy (non-hydrogen) atoms. The molecule has 0 bridgehead atoms. The summed E-state index contributed by atoms with van der Waals surface area (Å²) in [5.74, 6) is 0.160. The van der Waals surface area contributed by atoms with E-state index in [1.165, 1.54) is 4.90 Å². The minimum Gasteiger partial charge on any atom is -0.465 e. The number of hydrogen-bond acceptors (Lipinski definition) is 7. The zero-order valence-electron chi connectivity index (χ0n) is 25.0. The first-order chi connectivity index (χ1) is 20.6. The van der Waals surface area contributed by atoms with E-state index in [0.29, 0.717) is 51.1 Å². The van der Waals surface area contributed by atoms with E-state index < -0.39 is 6.09 Å². The molecule has 226 valence electrons. The van der Waals surface area contributed by atoms with Crippen LogP contribution in [0.1, 0.15) is 58.7 Å². The molecule has 2 amide bonds. The van der Waals surface area contributed by atoms with Crippen LogP contribution in [0.2, 0.25) is 0 Å². The fourth-order valence-corrected chi connectivity index (χ4v) is 7.87. The van der Waals surface area contributed by atoms with Gasteiger partial charge in [0.1, 0.15) is 0 Å². The highest BCUT2D eigenvalue weighted by Crippen LogP contribution is 2.49. The Morgan fingerprint density at radius 2 is 1.79 bits per heavy atom. The number of carbonyl (C=O) groups is 3. The number of fused-ring (bicyclic) bond motifs is 1. The maximum Gasteiger partial charge on any atom is 0.407 e. The van der Waals surface area contributed by atoms with Gasteiger partial charge in [-0.25, -0.2) is 4.79 Å². The molecule has 1 aliphatic carbocycles. The Balaban J connectivity index is 1.30. The lowest BCUT2D eigenvalue weighted by molar-refractivity contribution is 0.0644. The smallest absolute Gasteiger partial charge is 0.407 e. The number of nitrogens with zero attached hydrogens (tertiary/aromatic N) is 4. The second kappa shape index (κ2) is 11.7. The van der Waals surface area contributed by atoms with Crippen LogP contribution in [0.3, 0.4) is 0 Å². The van der Waals surface area contributed by atoms with Crippen LogP contribution in [0.25, 0.3) is 22.4 Å². The summed E-state index contributed by atoms with van der Waals surface area (Å²) in [6.07, 6.45) is 3.50. The number of morpholine rings is 1. The first-order valence-electron chi connectivity index (χ1n) is 14.9. The fourth-order valence-electron chi connectivity index (χ4n) is 6.54. The third-order valence-corrected chi connectivity index (χ3v) is 10.2. The van der Waals surface area contributed by atoms with Crippen LogP contribution in [0, 0.1) is 5.41 Å². The molecule has 10 heteroatoms. The van der Waals surface area contributed by atoms with Crippen LogP contribution in [0.15, 0.2) is 42.6 Å². The van der Waals surface area contributed by atoms with Gasteiger partial charge in [-0.2, -0.15) is 0 Å². The molecule has 1 N–H and O–H groups in total. The van der Waals surface area contributed by atoms with Crippen molar-refractivity contribution in [3.05, 3.63) is 58.6 Å². The first kappa shape index (κ1) is 29.3. The molecular formula is C33H38N4O5S. The van der Waals surface area contributed by atoms with E-state index in [1.54, 1.807) is 23.3 Å². The zero-order chi connectivity index (χ0) is 30.3. The van der Waals surface area contributed by atoms with Gasteiger partial charge in [-0.3, -0.25) is 14.6 Å². The highest BCUT2D eigenvalue weighted by Gasteiger charge is 2.37. The molecule has 9 nitrogen and oxygen atoms in total. The van der Waals surface area contributed by atoms with E-state index in [2.05, 4.69) is 24.8 Å². The molecule has 3 aliphatic rings. The Morgan fingerprint density at radius 1 is 1.05 bits per heavy atom. The molecule has 2 saturated heterocycles. The highest BCUT2D eigenvalue weighted by molar-refractivity contribution is 7.19. The van der Waals surface area contributed by atoms with Gasteiger partial charge >= 0.3 is 6.09 Å². The maximum absolute atomic E-state index is 13.4. The van der Waals surface area contributed by atoms with Gasteiger partial charge < -0.3 is 24.5 Å². The number of carboxylic acid groups (broad SMARTS) is 1.